The Kier molecular flexibility index (Phi) is 4.62. The van der Waals surface area contributed by atoms with E-state index in [1.807, 2.05) is 31.2 Å². The van der Waals surface area contributed by atoms with Crippen LogP contribution in [0.4, 0.5) is 0 Å². The largest absolute Gasteiger partial charge is 0.493 e. The van der Waals surface area contributed by atoms with Crippen molar-refractivity contribution in [2.75, 3.05) is 6.61 Å². The van der Waals surface area contributed by atoms with Crippen molar-refractivity contribution in [2.24, 2.45) is 0 Å². The van der Waals surface area contributed by atoms with E-state index in [9.17, 15) is 5.11 Å². The first kappa shape index (κ1) is 15.1. The van der Waals surface area contributed by atoms with E-state index in [0.717, 1.165) is 17.5 Å². The molecule has 3 heteroatoms. The second-order valence-corrected chi connectivity index (χ2v) is 5.11. The lowest BCUT2D eigenvalue weighted by Gasteiger charge is -2.26. The number of para-hydroxylation sites is 1. The van der Waals surface area contributed by atoms with Crippen molar-refractivity contribution in [3.63, 3.8) is 0 Å². The van der Waals surface area contributed by atoms with Crippen LogP contribution in [0, 0.1) is 11.3 Å². The zero-order valence-electron chi connectivity index (χ0n) is 12.3. The van der Waals surface area contributed by atoms with E-state index in [-0.39, 0.29) is 0 Å². The van der Waals surface area contributed by atoms with Gasteiger partial charge in [-0.1, -0.05) is 37.3 Å². The van der Waals surface area contributed by atoms with Gasteiger partial charge < -0.3 is 9.84 Å². The lowest BCUT2D eigenvalue weighted by molar-refractivity contribution is 0.0978. The maximum atomic E-state index is 10.9. The van der Waals surface area contributed by atoms with Gasteiger partial charge in [0.05, 0.1) is 18.2 Å². The van der Waals surface area contributed by atoms with Gasteiger partial charge in [0.25, 0.3) is 0 Å². The minimum atomic E-state index is -1.17. The lowest BCUT2D eigenvalue weighted by atomic mass is 9.87. The van der Waals surface area contributed by atoms with Gasteiger partial charge in [-0.3, -0.25) is 0 Å². The van der Waals surface area contributed by atoms with Crippen molar-refractivity contribution < 1.29 is 9.84 Å². The smallest absolute Gasteiger partial charge is 0.125 e. The molecule has 0 aliphatic heterocycles. The van der Waals surface area contributed by atoms with Crippen LogP contribution in [0.25, 0.3) is 0 Å². The third kappa shape index (κ3) is 3.24. The van der Waals surface area contributed by atoms with Gasteiger partial charge in [0, 0.05) is 5.56 Å². The molecule has 2 aromatic carbocycles. The molecule has 0 aliphatic rings. The zero-order valence-corrected chi connectivity index (χ0v) is 12.3. The van der Waals surface area contributed by atoms with E-state index in [1.165, 1.54) is 0 Å². The molecule has 0 spiro atoms. The number of ether oxygens (including phenoxy) is 1. The first-order valence-corrected chi connectivity index (χ1v) is 7.05. The maximum Gasteiger partial charge on any atom is 0.125 e. The Labute approximate surface area is 125 Å². The van der Waals surface area contributed by atoms with Gasteiger partial charge in [0.1, 0.15) is 11.4 Å². The first-order chi connectivity index (χ1) is 10.1. The molecule has 0 fully saturated rings. The minimum Gasteiger partial charge on any atom is -0.493 e. The van der Waals surface area contributed by atoms with Crippen molar-refractivity contribution in [3.8, 4) is 11.8 Å². The summed E-state index contributed by atoms with van der Waals surface area (Å²) < 4.78 is 5.73. The van der Waals surface area contributed by atoms with Crippen LogP contribution in [0.3, 0.4) is 0 Å². The zero-order chi connectivity index (χ0) is 15.3. The first-order valence-electron chi connectivity index (χ1n) is 7.05. The molecule has 1 N–H and O–H groups in total. The highest BCUT2D eigenvalue weighted by Gasteiger charge is 2.28. The number of hydrogen-bond acceptors (Lipinski definition) is 3. The van der Waals surface area contributed by atoms with Crippen molar-refractivity contribution in [1.82, 2.24) is 0 Å². The Morgan fingerprint density at radius 3 is 2.43 bits per heavy atom. The number of rotatable bonds is 5. The molecule has 108 valence electrons. The van der Waals surface area contributed by atoms with Crippen LogP contribution in [0.1, 0.15) is 37.0 Å². The number of nitriles is 1. The maximum absolute atomic E-state index is 10.9. The van der Waals surface area contributed by atoms with E-state index in [4.69, 9.17) is 10.00 Å². The summed E-state index contributed by atoms with van der Waals surface area (Å²) >= 11 is 0. The molecule has 21 heavy (non-hydrogen) atoms. The molecule has 0 heterocycles. The van der Waals surface area contributed by atoms with Crippen molar-refractivity contribution in [2.45, 2.75) is 25.9 Å². The van der Waals surface area contributed by atoms with E-state index in [2.05, 4.69) is 6.07 Å². The van der Waals surface area contributed by atoms with Gasteiger partial charge in [-0.25, -0.2) is 0 Å². The average Bonchev–Trinajstić information content (AvgIpc) is 2.53. The SMILES string of the molecule is CCCOc1ccccc1C(C)(O)c1ccc(C#N)cc1. The summed E-state index contributed by atoms with van der Waals surface area (Å²) in [5, 5.41) is 19.8. The summed E-state index contributed by atoms with van der Waals surface area (Å²) in [6.45, 7) is 4.39. The molecule has 0 amide bonds. The van der Waals surface area contributed by atoms with Gasteiger partial charge in [-0.05, 0) is 37.1 Å². The standard InChI is InChI=1S/C18H19NO2/c1-3-12-21-17-7-5-4-6-16(17)18(2,20)15-10-8-14(13-19)9-11-15/h4-11,20H,3,12H2,1-2H3. The summed E-state index contributed by atoms with van der Waals surface area (Å²) in [5.41, 5.74) is 0.862. The summed E-state index contributed by atoms with van der Waals surface area (Å²) in [6.07, 6.45) is 0.910. The van der Waals surface area contributed by atoms with E-state index >= 15 is 0 Å². The molecule has 0 saturated heterocycles. The molecule has 0 bridgehead atoms. The van der Waals surface area contributed by atoms with Crippen LogP contribution in [0.5, 0.6) is 5.75 Å². The van der Waals surface area contributed by atoms with E-state index in [0.29, 0.717) is 17.9 Å². The summed E-state index contributed by atoms with van der Waals surface area (Å²) in [6, 6.07) is 16.5. The summed E-state index contributed by atoms with van der Waals surface area (Å²) in [7, 11) is 0. The highest BCUT2D eigenvalue weighted by molar-refractivity contribution is 5.45. The molecule has 2 aromatic rings. The van der Waals surface area contributed by atoms with Crippen LogP contribution in [0.2, 0.25) is 0 Å². The number of benzene rings is 2. The van der Waals surface area contributed by atoms with Crippen LogP contribution in [-0.4, -0.2) is 11.7 Å². The third-order valence-electron chi connectivity index (χ3n) is 3.45. The summed E-state index contributed by atoms with van der Waals surface area (Å²) in [4.78, 5) is 0. The Hall–Kier alpha value is -2.31. The van der Waals surface area contributed by atoms with Gasteiger partial charge in [0.2, 0.25) is 0 Å². The second kappa shape index (κ2) is 6.43. The van der Waals surface area contributed by atoms with Crippen LogP contribution < -0.4 is 4.74 Å². The lowest BCUT2D eigenvalue weighted by Crippen LogP contribution is -2.23. The van der Waals surface area contributed by atoms with Crippen molar-refractivity contribution in [1.29, 1.82) is 5.26 Å². The van der Waals surface area contributed by atoms with Gasteiger partial charge in [0.15, 0.2) is 0 Å². The molecule has 0 aromatic heterocycles. The predicted molar refractivity (Wildman–Crippen MR) is 82.1 cm³/mol. The summed E-state index contributed by atoms with van der Waals surface area (Å²) in [5.74, 6) is 0.689. The van der Waals surface area contributed by atoms with Gasteiger partial charge in [-0.15, -0.1) is 0 Å². The monoisotopic (exact) mass is 281 g/mol. The van der Waals surface area contributed by atoms with Gasteiger partial charge in [-0.2, -0.15) is 5.26 Å². The van der Waals surface area contributed by atoms with Gasteiger partial charge >= 0.3 is 0 Å². The number of nitrogens with zero attached hydrogens (tertiary/aromatic N) is 1. The Morgan fingerprint density at radius 1 is 1.14 bits per heavy atom. The van der Waals surface area contributed by atoms with Crippen molar-refractivity contribution >= 4 is 0 Å². The molecule has 2 rings (SSSR count). The van der Waals surface area contributed by atoms with E-state index < -0.39 is 5.60 Å². The Morgan fingerprint density at radius 2 is 1.81 bits per heavy atom. The fraction of sp³-hybridized carbons (Fsp3) is 0.278. The molecule has 1 unspecified atom stereocenters. The molecular formula is C18H19NO2. The third-order valence-corrected chi connectivity index (χ3v) is 3.45. The number of aliphatic hydroxyl groups is 1. The van der Waals surface area contributed by atoms with Crippen LogP contribution in [0.15, 0.2) is 48.5 Å². The van der Waals surface area contributed by atoms with Crippen LogP contribution >= 0.6 is 0 Å². The fourth-order valence-corrected chi connectivity index (χ4v) is 2.23. The minimum absolute atomic E-state index is 0.574. The molecule has 0 saturated carbocycles. The van der Waals surface area contributed by atoms with E-state index in [1.54, 1.807) is 31.2 Å². The quantitative estimate of drug-likeness (QED) is 0.911. The Balaban J connectivity index is 2.40. The Bertz CT molecular complexity index is 639. The molecule has 0 aliphatic carbocycles. The molecular weight excluding hydrogens is 262 g/mol. The average molecular weight is 281 g/mol. The topological polar surface area (TPSA) is 53.2 Å². The molecule has 0 radical (unpaired) electrons. The second-order valence-electron chi connectivity index (χ2n) is 5.11. The normalized spacial score (nSPS) is 13.2. The van der Waals surface area contributed by atoms with Crippen molar-refractivity contribution in [3.05, 3.63) is 65.2 Å². The molecule has 3 nitrogen and oxygen atoms in total. The van der Waals surface area contributed by atoms with Crippen LogP contribution in [-0.2, 0) is 5.60 Å². The number of hydrogen-bond donors (Lipinski definition) is 1. The molecule has 1 atom stereocenters. The highest BCUT2D eigenvalue weighted by atomic mass is 16.5. The predicted octanol–water partition coefficient (Wildman–Crippen LogP) is 3.60. The highest BCUT2D eigenvalue weighted by Crippen LogP contribution is 2.35. The fourth-order valence-electron chi connectivity index (χ4n) is 2.23.